The maximum absolute atomic E-state index is 2.62. The van der Waals surface area contributed by atoms with Crippen molar-refractivity contribution in [1.82, 2.24) is 4.90 Å². The highest BCUT2D eigenvalue weighted by Gasteiger charge is 2.27. The summed E-state index contributed by atoms with van der Waals surface area (Å²) in [7, 11) is 0. The zero-order chi connectivity index (χ0) is 18.6. The van der Waals surface area contributed by atoms with Crippen LogP contribution in [-0.4, -0.2) is 18.1 Å². The van der Waals surface area contributed by atoms with Crippen molar-refractivity contribution in [3.63, 3.8) is 0 Å². The highest BCUT2D eigenvalue weighted by molar-refractivity contribution is 5.63. The predicted octanol–water partition coefficient (Wildman–Crippen LogP) is 6.24. The third-order valence-corrected chi connectivity index (χ3v) is 5.56. The number of nitrogens with zero attached hydrogens (tertiary/aromatic N) is 2. The Morgan fingerprint density at radius 3 is 1.89 bits per heavy atom. The molecule has 1 saturated heterocycles. The molecule has 1 atom stereocenters. The van der Waals surface area contributed by atoms with Crippen molar-refractivity contribution in [2.24, 2.45) is 0 Å². The molecule has 0 N–H and O–H groups in total. The maximum atomic E-state index is 2.62. The van der Waals surface area contributed by atoms with Gasteiger partial charge in [-0.25, -0.2) is 0 Å². The lowest BCUT2D eigenvalue weighted by atomic mass is 10.1. The third kappa shape index (κ3) is 4.06. The second-order valence-corrected chi connectivity index (χ2v) is 7.62. The monoisotopic (exact) mass is 356 g/mol. The van der Waals surface area contributed by atoms with Gasteiger partial charge in [-0.2, -0.15) is 0 Å². The number of hydrogen-bond acceptors (Lipinski definition) is 2. The molecule has 27 heavy (non-hydrogen) atoms. The summed E-state index contributed by atoms with van der Waals surface area (Å²) in [5.41, 5.74) is 6.53. The van der Waals surface area contributed by atoms with Gasteiger partial charge >= 0.3 is 0 Å². The van der Waals surface area contributed by atoms with Gasteiger partial charge in [0, 0.05) is 24.0 Å². The Balaban J connectivity index is 1.64. The molecule has 0 radical (unpaired) electrons. The number of benzene rings is 3. The number of likely N-dealkylation sites (tertiary alicyclic amines) is 1. The molecular formula is C25H28N2. The van der Waals surface area contributed by atoms with Gasteiger partial charge in [0.25, 0.3) is 0 Å². The minimum absolute atomic E-state index is 0.504. The molecule has 1 aliphatic rings. The smallest absolute Gasteiger partial charge is 0.0761 e. The number of rotatable bonds is 5. The molecule has 1 unspecified atom stereocenters. The van der Waals surface area contributed by atoms with Crippen molar-refractivity contribution >= 4 is 11.4 Å². The van der Waals surface area contributed by atoms with Gasteiger partial charge in [-0.05, 0) is 56.5 Å². The zero-order valence-corrected chi connectivity index (χ0v) is 16.3. The highest BCUT2D eigenvalue weighted by Crippen LogP contribution is 2.34. The number of anilines is 2. The van der Waals surface area contributed by atoms with E-state index in [-0.39, 0.29) is 0 Å². The van der Waals surface area contributed by atoms with E-state index >= 15 is 0 Å². The van der Waals surface area contributed by atoms with Crippen molar-refractivity contribution < 1.29 is 0 Å². The Hall–Kier alpha value is -2.58. The first-order valence-electron chi connectivity index (χ1n) is 9.90. The summed E-state index contributed by atoms with van der Waals surface area (Å²) in [5.74, 6) is 0. The van der Waals surface area contributed by atoms with Crippen molar-refractivity contribution in [1.29, 1.82) is 0 Å². The molecule has 138 valence electrons. The topological polar surface area (TPSA) is 6.48 Å². The number of hydrogen-bond donors (Lipinski definition) is 0. The van der Waals surface area contributed by atoms with Crippen LogP contribution in [0.4, 0.5) is 11.4 Å². The van der Waals surface area contributed by atoms with E-state index in [0.717, 1.165) is 13.2 Å². The molecule has 0 bridgehead atoms. The van der Waals surface area contributed by atoms with Crippen LogP contribution in [0, 0.1) is 13.8 Å². The van der Waals surface area contributed by atoms with Crippen molar-refractivity contribution in [3.8, 4) is 0 Å². The molecule has 2 heteroatoms. The third-order valence-electron chi connectivity index (χ3n) is 5.56. The first-order chi connectivity index (χ1) is 13.2. The summed E-state index contributed by atoms with van der Waals surface area (Å²) in [6, 6.07) is 29.2. The van der Waals surface area contributed by atoms with Gasteiger partial charge in [-0.3, -0.25) is 4.90 Å². The zero-order valence-electron chi connectivity index (χ0n) is 16.3. The lowest BCUT2D eigenvalue weighted by molar-refractivity contribution is 0.263. The van der Waals surface area contributed by atoms with Crippen LogP contribution in [-0.2, 0) is 0 Å². The van der Waals surface area contributed by atoms with E-state index in [1.807, 2.05) is 0 Å². The SMILES string of the molecule is Cc1ccc(N(CN2CCCC2c2ccccc2)c2ccc(C)cc2)cc1. The van der Waals surface area contributed by atoms with E-state index in [4.69, 9.17) is 0 Å². The Morgan fingerprint density at radius 1 is 0.778 bits per heavy atom. The molecule has 3 aromatic carbocycles. The van der Waals surface area contributed by atoms with Gasteiger partial charge in [-0.15, -0.1) is 0 Å². The van der Waals surface area contributed by atoms with Crippen LogP contribution in [0.15, 0.2) is 78.9 Å². The second kappa shape index (κ2) is 7.98. The fourth-order valence-corrected chi connectivity index (χ4v) is 3.99. The fraction of sp³-hybridized carbons (Fsp3) is 0.280. The van der Waals surface area contributed by atoms with Crippen molar-refractivity contribution in [2.45, 2.75) is 32.7 Å². The van der Waals surface area contributed by atoms with E-state index < -0.39 is 0 Å². The Bertz CT molecular complexity index is 808. The van der Waals surface area contributed by atoms with Gasteiger partial charge in [0.2, 0.25) is 0 Å². The molecule has 0 aliphatic carbocycles. The van der Waals surface area contributed by atoms with E-state index in [9.17, 15) is 0 Å². The molecule has 2 nitrogen and oxygen atoms in total. The minimum Gasteiger partial charge on any atom is -0.328 e. The molecule has 4 rings (SSSR count). The van der Waals surface area contributed by atoms with E-state index in [1.54, 1.807) is 0 Å². The molecule has 3 aromatic rings. The summed E-state index contributed by atoms with van der Waals surface area (Å²) in [6.45, 7) is 6.34. The van der Waals surface area contributed by atoms with Gasteiger partial charge in [0.05, 0.1) is 6.67 Å². The van der Waals surface area contributed by atoms with Crippen LogP contribution < -0.4 is 4.90 Å². The molecule has 1 aliphatic heterocycles. The number of aryl methyl sites for hydroxylation is 2. The second-order valence-electron chi connectivity index (χ2n) is 7.62. The van der Waals surface area contributed by atoms with Gasteiger partial charge < -0.3 is 4.90 Å². The van der Waals surface area contributed by atoms with Crippen LogP contribution in [0.3, 0.4) is 0 Å². The highest BCUT2D eigenvalue weighted by atomic mass is 15.3. The maximum Gasteiger partial charge on any atom is 0.0761 e. The Morgan fingerprint density at radius 2 is 1.33 bits per heavy atom. The minimum atomic E-state index is 0.504. The molecule has 1 heterocycles. The molecule has 0 saturated carbocycles. The normalized spacial score (nSPS) is 17.2. The summed E-state index contributed by atoms with van der Waals surface area (Å²) >= 11 is 0. The van der Waals surface area contributed by atoms with Crippen LogP contribution in [0.25, 0.3) is 0 Å². The van der Waals surface area contributed by atoms with E-state index in [2.05, 4.69) is 103 Å². The Kier molecular flexibility index (Phi) is 5.26. The largest absolute Gasteiger partial charge is 0.328 e. The van der Waals surface area contributed by atoms with E-state index in [0.29, 0.717) is 6.04 Å². The van der Waals surface area contributed by atoms with Crippen molar-refractivity contribution in [3.05, 3.63) is 95.6 Å². The lowest BCUT2D eigenvalue weighted by Gasteiger charge is -2.33. The molecule has 1 fully saturated rings. The van der Waals surface area contributed by atoms with Crippen LogP contribution in [0.5, 0.6) is 0 Å². The summed E-state index contributed by atoms with van der Waals surface area (Å²) in [4.78, 5) is 5.06. The average Bonchev–Trinajstić information content (AvgIpc) is 3.17. The molecule has 0 spiro atoms. The van der Waals surface area contributed by atoms with Gasteiger partial charge in [-0.1, -0.05) is 65.7 Å². The van der Waals surface area contributed by atoms with Crippen LogP contribution >= 0.6 is 0 Å². The van der Waals surface area contributed by atoms with Crippen LogP contribution in [0.1, 0.15) is 35.6 Å². The average molecular weight is 357 g/mol. The standard InChI is InChI=1S/C25H28N2/c1-20-10-14-23(15-11-20)27(24-16-12-21(2)13-17-24)19-26-18-6-9-25(26)22-7-4-3-5-8-22/h3-5,7-8,10-17,25H,6,9,18-19H2,1-2H3. The quantitative estimate of drug-likeness (QED) is 0.534. The van der Waals surface area contributed by atoms with Gasteiger partial charge in [0.15, 0.2) is 0 Å². The summed E-state index contributed by atoms with van der Waals surface area (Å²) in [6.07, 6.45) is 2.49. The van der Waals surface area contributed by atoms with Gasteiger partial charge in [0.1, 0.15) is 0 Å². The molecule has 0 aromatic heterocycles. The van der Waals surface area contributed by atoms with Crippen LogP contribution in [0.2, 0.25) is 0 Å². The summed E-state index contributed by atoms with van der Waals surface area (Å²) in [5, 5.41) is 0. The molecular weight excluding hydrogens is 328 g/mol. The fourth-order valence-electron chi connectivity index (χ4n) is 3.99. The first kappa shape index (κ1) is 17.8. The lowest BCUT2D eigenvalue weighted by Crippen LogP contribution is -2.35. The molecule has 0 amide bonds. The Labute approximate surface area is 163 Å². The predicted molar refractivity (Wildman–Crippen MR) is 114 cm³/mol. The van der Waals surface area contributed by atoms with Crippen molar-refractivity contribution in [2.75, 3.05) is 18.1 Å². The first-order valence-corrected chi connectivity index (χ1v) is 9.90. The van der Waals surface area contributed by atoms with E-state index in [1.165, 1.54) is 40.9 Å². The summed E-state index contributed by atoms with van der Waals surface area (Å²) < 4.78 is 0.